The number of esters is 2. The molecule has 0 saturated heterocycles. The lowest BCUT2D eigenvalue weighted by Gasteiger charge is -2.19. The molecule has 0 aliphatic carbocycles. The highest BCUT2D eigenvalue weighted by atomic mass is 31.2. The predicted octanol–water partition coefficient (Wildman–Crippen LogP) is 10.3. The van der Waals surface area contributed by atoms with Gasteiger partial charge in [0.1, 0.15) is 6.61 Å². The van der Waals surface area contributed by atoms with E-state index in [4.69, 9.17) is 24.3 Å². The minimum Gasteiger partial charge on any atom is -0.462 e. The molecular formula is C37H72NO8P. The number of allylic oxidation sites excluding steroid dienone is 2. The molecule has 0 heterocycles. The molecule has 0 aromatic heterocycles. The zero-order chi connectivity index (χ0) is 34.7. The first-order valence-corrected chi connectivity index (χ1v) is 20.7. The van der Waals surface area contributed by atoms with E-state index in [0.29, 0.717) is 6.42 Å². The molecule has 3 N–H and O–H groups in total. The Labute approximate surface area is 288 Å². The second kappa shape index (κ2) is 34.6. The molecule has 0 bridgehead atoms. The molecule has 0 aromatic rings. The Bertz CT molecular complexity index is 794. The Balaban J connectivity index is 4.21. The van der Waals surface area contributed by atoms with Crippen LogP contribution in [-0.2, 0) is 32.7 Å². The molecule has 2 atom stereocenters. The SMILES string of the molecule is CCCCCCC/C=C\CCCCCCCC(=O)OC[C@H](COP(=O)(O)OCCN)OC(=O)CCCCCCCCCCCCCC. The van der Waals surface area contributed by atoms with Crippen LogP contribution in [0.2, 0.25) is 0 Å². The molecule has 0 aliphatic rings. The first kappa shape index (κ1) is 45.8. The lowest BCUT2D eigenvalue weighted by molar-refractivity contribution is -0.161. The van der Waals surface area contributed by atoms with Gasteiger partial charge in [-0.25, -0.2) is 4.57 Å². The first-order valence-electron chi connectivity index (χ1n) is 19.2. The molecule has 47 heavy (non-hydrogen) atoms. The van der Waals surface area contributed by atoms with Gasteiger partial charge in [-0.3, -0.25) is 18.6 Å². The van der Waals surface area contributed by atoms with Gasteiger partial charge in [-0.15, -0.1) is 0 Å². The quantitative estimate of drug-likeness (QED) is 0.0285. The predicted molar refractivity (Wildman–Crippen MR) is 192 cm³/mol. The zero-order valence-corrected chi connectivity index (χ0v) is 31.2. The van der Waals surface area contributed by atoms with Crippen LogP contribution < -0.4 is 5.73 Å². The van der Waals surface area contributed by atoms with Crippen molar-refractivity contribution in [2.45, 2.75) is 187 Å². The molecule has 0 fully saturated rings. The molecule has 9 nitrogen and oxygen atoms in total. The lowest BCUT2D eigenvalue weighted by Crippen LogP contribution is -2.29. The van der Waals surface area contributed by atoms with E-state index in [1.807, 2.05) is 0 Å². The Morgan fingerprint density at radius 1 is 0.617 bits per heavy atom. The summed E-state index contributed by atoms with van der Waals surface area (Å²) in [7, 11) is -4.36. The van der Waals surface area contributed by atoms with Gasteiger partial charge in [0.15, 0.2) is 6.10 Å². The molecular weight excluding hydrogens is 617 g/mol. The number of phosphoric acid groups is 1. The van der Waals surface area contributed by atoms with Crippen LogP contribution in [0.5, 0.6) is 0 Å². The third-order valence-electron chi connectivity index (χ3n) is 8.15. The molecule has 0 rings (SSSR count). The van der Waals surface area contributed by atoms with Gasteiger partial charge in [0.25, 0.3) is 0 Å². The van der Waals surface area contributed by atoms with E-state index in [0.717, 1.165) is 51.4 Å². The van der Waals surface area contributed by atoms with E-state index >= 15 is 0 Å². The maximum Gasteiger partial charge on any atom is 0.472 e. The summed E-state index contributed by atoms with van der Waals surface area (Å²) < 4.78 is 32.6. The third-order valence-corrected chi connectivity index (χ3v) is 9.14. The van der Waals surface area contributed by atoms with E-state index in [9.17, 15) is 19.0 Å². The molecule has 0 amide bonds. The van der Waals surface area contributed by atoms with Crippen molar-refractivity contribution in [1.29, 1.82) is 0 Å². The van der Waals surface area contributed by atoms with Crippen LogP contribution >= 0.6 is 7.82 Å². The average molecular weight is 690 g/mol. The minimum atomic E-state index is -4.36. The lowest BCUT2D eigenvalue weighted by atomic mass is 10.0. The summed E-state index contributed by atoms with van der Waals surface area (Å²) in [5.74, 6) is -0.834. The molecule has 278 valence electrons. The van der Waals surface area contributed by atoms with Gasteiger partial charge in [0.2, 0.25) is 0 Å². The highest BCUT2D eigenvalue weighted by Gasteiger charge is 2.25. The van der Waals surface area contributed by atoms with Crippen molar-refractivity contribution in [1.82, 2.24) is 0 Å². The molecule has 10 heteroatoms. The second-order valence-corrected chi connectivity index (χ2v) is 14.3. The number of nitrogens with two attached hydrogens (primary N) is 1. The number of carbonyl (C=O) groups excluding carboxylic acids is 2. The largest absolute Gasteiger partial charge is 0.472 e. The van der Waals surface area contributed by atoms with Crippen LogP contribution in [0.1, 0.15) is 181 Å². The highest BCUT2D eigenvalue weighted by Crippen LogP contribution is 2.43. The van der Waals surface area contributed by atoms with Crippen molar-refractivity contribution < 1.29 is 37.6 Å². The Hall–Kier alpha value is -1.25. The summed E-state index contributed by atoms with van der Waals surface area (Å²) >= 11 is 0. The Morgan fingerprint density at radius 2 is 1.04 bits per heavy atom. The van der Waals surface area contributed by atoms with Gasteiger partial charge in [-0.2, -0.15) is 0 Å². The van der Waals surface area contributed by atoms with Crippen LogP contribution in [0.4, 0.5) is 0 Å². The van der Waals surface area contributed by atoms with Crippen LogP contribution in [-0.4, -0.2) is 49.3 Å². The van der Waals surface area contributed by atoms with Crippen molar-refractivity contribution in [3.63, 3.8) is 0 Å². The van der Waals surface area contributed by atoms with Crippen molar-refractivity contribution in [3.8, 4) is 0 Å². The van der Waals surface area contributed by atoms with Gasteiger partial charge >= 0.3 is 19.8 Å². The fraction of sp³-hybridized carbons (Fsp3) is 0.892. The second-order valence-electron chi connectivity index (χ2n) is 12.8. The number of hydrogen-bond acceptors (Lipinski definition) is 8. The maximum absolute atomic E-state index is 12.5. The van der Waals surface area contributed by atoms with Gasteiger partial charge in [0, 0.05) is 19.4 Å². The maximum atomic E-state index is 12.5. The van der Waals surface area contributed by atoms with Gasteiger partial charge < -0.3 is 20.1 Å². The van der Waals surface area contributed by atoms with Crippen LogP contribution in [0.25, 0.3) is 0 Å². The molecule has 0 saturated carbocycles. The van der Waals surface area contributed by atoms with Gasteiger partial charge in [0.05, 0.1) is 13.2 Å². The van der Waals surface area contributed by atoms with E-state index < -0.39 is 26.5 Å². The summed E-state index contributed by atoms with van der Waals surface area (Å²) in [6.45, 7) is 3.71. The number of phosphoric ester groups is 1. The summed E-state index contributed by atoms with van der Waals surface area (Å²) in [6.07, 6.45) is 32.4. The fourth-order valence-electron chi connectivity index (χ4n) is 5.28. The summed E-state index contributed by atoms with van der Waals surface area (Å²) in [5.41, 5.74) is 5.33. The monoisotopic (exact) mass is 689 g/mol. The molecule has 0 radical (unpaired) electrons. The first-order chi connectivity index (χ1) is 22.8. The van der Waals surface area contributed by atoms with E-state index in [2.05, 4.69) is 26.0 Å². The third kappa shape index (κ3) is 34.4. The number of ether oxygens (including phenoxy) is 2. The average Bonchev–Trinajstić information content (AvgIpc) is 3.05. The van der Waals surface area contributed by atoms with Crippen molar-refractivity contribution in [3.05, 3.63) is 12.2 Å². The van der Waals surface area contributed by atoms with Gasteiger partial charge in [-0.1, -0.05) is 142 Å². The summed E-state index contributed by atoms with van der Waals surface area (Å²) in [5, 5.41) is 0. The minimum absolute atomic E-state index is 0.0548. The molecule has 0 spiro atoms. The van der Waals surface area contributed by atoms with Gasteiger partial charge in [-0.05, 0) is 38.5 Å². The van der Waals surface area contributed by atoms with E-state index in [1.54, 1.807) is 0 Å². The topological polar surface area (TPSA) is 134 Å². The molecule has 1 unspecified atom stereocenters. The van der Waals surface area contributed by atoms with E-state index in [1.165, 1.54) is 96.3 Å². The van der Waals surface area contributed by atoms with Crippen LogP contribution in [0.3, 0.4) is 0 Å². The Kier molecular flexibility index (Phi) is 33.7. The Morgan fingerprint density at radius 3 is 1.51 bits per heavy atom. The van der Waals surface area contributed by atoms with Crippen molar-refractivity contribution in [2.75, 3.05) is 26.4 Å². The van der Waals surface area contributed by atoms with Crippen molar-refractivity contribution >= 4 is 19.8 Å². The molecule has 0 aromatic carbocycles. The zero-order valence-electron chi connectivity index (χ0n) is 30.3. The highest BCUT2D eigenvalue weighted by molar-refractivity contribution is 7.47. The van der Waals surface area contributed by atoms with Crippen LogP contribution in [0.15, 0.2) is 12.2 Å². The molecule has 0 aliphatic heterocycles. The number of unbranched alkanes of at least 4 members (excludes halogenated alkanes) is 21. The number of rotatable bonds is 36. The fourth-order valence-corrected chi connectivity index (χ4v) is 6.04. The standard InChI is InChI=1S/C37H72NO8P/c1-3-5-7-9-11-13-15-17-18-20-21-23-25-27-29-36(39)43-33-35(34-45-47(41,42)44-32-31-38)46-37(40)30-28-26-24-22-19-16-14-12-10-8-6-4-2/h15,17,35H,3-14,16,18-34,38H2,1-2H3,(H,41,42)/b17-15-/t35-/m1/s1. The smallest absolute Gasteiger partial charge is 0.462 e. The van der Waals surface area contributed by atoms with Crippen molar-refractivity contribution in [2.24, 2.45) is 5.73 Å². The normalized spacial score (nSPS) is 13.5. The van der Waals surface area contributed by atoms with E-state index in [-0.39, 0.29) is 38.6 Å². The summed E-state index contributed by atoms with van der Waals surface area (Å²) in [6, 6.07) is 0. The number of carbonyl (C=O) groups is 2. The van der Waals surface area contributed by atoms with Crippen LogP contribution in [0, 0.1) is 0 Å². The summed E-state index contributed by atoms with van der Waals surface area (Å²) in [4.78, 5) is 34.7. The number of hydrogen-bond donors (Lipinski definition) is 2.